The molecule has 13 heavy (non-hydrogen) atoms. The van der Waals surface area contributed by atoms with Crippen LogP contribution in [0, 0.1) is 0 Å². The van der Waals surface area contributed by atoms with E-state index in [9.17, 15) is 5.11 Å². The number of hydrogen-bond donors (Lipinski definition) is 1. The molecule has 0 bridgehead atoms. The average Bonchev–Trinajstić information content (AvgIpc) is 2.45. The van der Waals surface area contributed by atoms with Crippen LogP contribution in [0.25, 0.3) is 5.57 Å². The summed E-state index contributed by atoms with van der Waals surface area (Å²) in [6.07, 6.45) is 3.07. The second-order valence-electron chi connectivity index (χ2n) is 4.04. The van der Waals surface area contributed by atoms with Gasteiger partial charge in [-0.3, -0.25) is 0 Å². The van der Waals surface area contributed by atoms with Crippen LogP contribution in [0.2, 0.25) is 0 Å². The van der Waals surface area contributed by atoms with Crippen LogP contribution in [0.15, 0.2) is 30.3 Å². The van der Waals surface area contributed by atoms with Crippen molar-refractivity contribution in [3.63, 3.8) is 0 Å². The first-order valence-corrected chi connectivity index (χ1v) is 4.60. The van der Waals surface area contributed by atoms with Gasteiger partial charge in [0.15, 0.2) is 0 Å². The topological polar surface area (TPSA) is 20.2 Å². The lowest BCUT2D eigenvalue weighted by Gasteiger charge is -2.20. The second-order valence-corrected chi connectivity index (χ2v) is 4.04. The monoisotopic (exact) mass is 174 g/mol. The summed E-state index contributed by atoms with van der Waals surface area (Å²) in [7, 11) is 0. The normalized spacial score (nSPS) is 15.5. The van der Waals surface area contributed by atoms with E-state index < -0.39 is 5.60 Å². The highest BCUT2D eigenvalue weighted by molar-refractivity contribution is 5.77. The molecule has 0 spiro atoms. The lowest BCUT2D eigenvalue weighted by molar-refractivity contribution is 0.144. The van der Waals surface area contributed by atoms with Crippen LogP contribution in [-0.4, -0.2) is 10.7 Å². The van der Waals surface area contributed by atoms with Gasteiger partial charge < -0.3 is 5.11 Å². The SMILES string of the molecule is CC(C)(O)C1=CCc2ccccc21. The molecule has 0 aliphatic heterocycles. The molecule has 1 heteroatoms. The van der Waals surface area contributed by atoms with Gasteiger partial charge in [-0.15, -0.1) is 0 Å². The van der Waals surface area contributed by atoms with Crippen LogP contribution in [0.4, 0.5) is 0 Å². The lowest BCUT2D eigenvalue weighted by Crippen LogP contribution is -2.19. The molecule has 2 rings (SSSR count). The molecular formula is C12H14O. The quantitative estimate of drug-likeness (QED) is 0.693. The smallest absolute Gasteiger partial charge is 0.0843 e. The van der Waals surface area contributed by atoms with Gasteiger partial charge in [-0.1, -0.05) is 30.3 Å². The first-order chi connectivity index (χ1) is 6.09. The zero-order chi connectivity index (χ0) is 9.47. The number of fused-ring (bicyclic) bond motifs is 1. The fraction of sp³-hybridized carbons (Fsp3) is 0.333. The molecule has 0 radical (unpaired) electrons. The van der Waals surface area contributed by atoms with Gasteiger partial charge in [0.05, 0.1) is 5.60 Å². The number of benzene rings is 1. The molecule has 0 fully saturated rings. The number of hydrogen-bond acceptors (Lipinski definition) is 1. The van der Waals surface area contributed by atoms with Crippen molar-refractivity contribution in [1.82, 2.24) is 0 Å². The number of aliphatic hydroxyl groups is 1. The Morgan fingerprint density at radius 3 is 2.62 bits per heavy atom. The summed E-state index contributed by atoms with van der Waals surface area (Å²) in [5, 5.41) is 9.90. The van der Waals surface area contributed by atoms with Crippen molar-refractivity contribution in [1.29, 1.82) is 0 Å². The van der Waals surface area contributed by atoms with E-state index in [2.05, 4.69) is 18.2 Å². The highest BCUT2D eigenvalue weighted by Crippen LogP contribution is 2.34. The molecule has 1 aliphatic carbocycles. The summed E-state index contributed by atoms with van der Waals surface area (Å²) in [5.74, 6) is 0. The van der Waals surface area contributed by atoms with Gasteiger partial charge in [0.1, 0.15) is 0 Å². The summed E-state index contributed by atoms with van der Waals surface area (Å²) in [6, 6.07) is 8.25. The zero-order valence-corrected chi connectivity index (χ0v) is 8.04. The predicted octanol–water partition coefficient (Wildman–Crippen LogP) is 2.40. The van der Waals surface area contributed by atoms with E-state index in [1.165, 1.54) is 11.1 Å². The van der Waals surface area contributed by atoms with E-state index in [1.807, 2.05) is 26.0 Å². The number of rotatable bonds is 1. The van der Waals surface area contributed by atoms with E-state index in [-0.39, 0.29) is 0 Å². The van der Waals surface area contributed by atoms with Crippen molar-refractivity contribution in [2.24, 2.45) is 0 Å². The summed E-state index contributed by atoms with van der Waals surface area (Å²) in [6.45, 7) is 3.67. The van der Waals surface area contributed by atoms with E-state index in [0.717, 1.165) is 12.0 Å². The molecule has 1 aromatic carbocycles. The van der Waals surface area contributed by atoms with Crippen molar-refractivity contribution >= 4 is 5.57 Å². The molecule has 1 N–H and O–H groups in total. The van der Waals surface area contributed by atoms with Gasteiger partial charge in [-0.2, -0.15) is 0 Å². The Kier molecular flexibility index (Phi) is 1.77. The standard InChI is InChI=1S/C12H14O/c1-12(2,13)11-8-7-9-5-3-4-6-10(9)11/h3-6,8,13H,7H2,1-2H3. The lowest BCUT2D eigenvalue weighted by atomic mass is 9.93. The second kappa shape index (κ2) is 2.71. The minimum absolute atomic E-state index is 0.716. The Bertz CT molecular complexity index is 356. The molecule has 1 nitrogen and oxygen atoms in total. The molecule has 0 saturated heterocycles. The molecule has 1 aliphatic rings. The molecule has 0 atom stereocenters. The van der Waals surface area contributed by atoms with Crippen LogP contribution in [0.1, 0.15) is 25.0 Å². The third-order valence-corrected chi connectivity index (χ3v) is 2.49. The summed E-state index contributed by atoms with van der Waals surface area (Å²) in [4.78, 5) is 0. The van der Waals surface area contributed by atoms with Crippen molar-refractivity contribution in [2.75, 3.05) is 0 Å². The van der Waals surface area contributed by atoms with Gasteiger partial charge in [0.25, 0.3) is 0 Å². The predicted molar refractivity (Wildman–Crippen MR) is 54.4 cm³/mol. The van der Waals surface area contributed by atoms with Crippen LogP contribution in [-0.2, 0) is 6.42 Å². The van der Waals surface area contributed by atoms with Crippen LogP contribution in [0.3, 0.4) is 0 Å². The third kappa shape index (κ3) is 1.40. The maximum atomic E-state index is 9.90. The molecule has 0 heterocycles. The highest BCUT2D eigenvalue weighted by atomic mass is 16.3. The van der Waals surface area contributed by atoms with Gasteiger partial charge in [0.2, 0.25) is 0 Å². The molecule has 0 unspecified atom stereocenters. The Morgan fingerprint density at radius 1 is 1.23 bits per heavy atom. The van der Waals surface area contributed by atoms with Crippen molar-refractivity contribution in [3.8, 4) is 0 Å². The first kappa shape index (κ1) is 8.52. The first-order valence-electron chi connectivity index (χ1n) is 4.60. The van der Waals surface area contributed by atoms with Crippen LogP contribution < -0.4 is 0 Å². The van der Waals surface area contributed by atoms with Gasteiger partial charge in [-0.25, -0.2) is 0 Å². The average molecular weight is 174 g/mol. The van der Waals surface area contributed by atoms with Gasteiger partial charge >= 0.3 is 0 Å². The number of allylic oxidation sites excluding steroid dienone is 1. The van der Waals surface area contributed by atoms with Crippen LogP contribution in [0.5, 0.6) is 0 Å². The molecular weight excluding hydrogens is 160 g/mol. The Hall–Kier alpha value is -1.08. The largest absolute Gasteiger partial charge is 0.386 e. The maximum Gasteiger partial charge on any atom is 0.0843 e. The van der Waals surface area contributed by atoms with E-state index >= 15 is 0 Å². The highest BCUT2D eigenvalue weighted by Gasteiger charge is 2.25. The molecule has 0 aromatic heterocycles. The Morgan fingerprint density at radius 2 is 1.92 bits per heavy atom. The fourth-order valence-electron chi connectivity index (χ4n) is 1.86. The fourth-order valence-corrected chi connectivity index (χ4v) is 1.86. The van der Waals surface area contributed by atoms with Gasteiger partial charge in [0, 0.05) is 0 Å². The van der Waals surface area contributed by atoms with Crippen LogP contribution >= 0.6 is 0 Å². The molecule has 0 saturated carbocycles. The zero-order valence-electron chi connectivity index (χ0n) is 8.04. The molecule has 1 aromatic rings. The van der Waals surface area contributed by atoms with Crippen molar-refractivity contribution in [2.45, 2.75) is 25.9 Å². The third-order valence-electron chi connectivity index (χ3n) is 2.49. The maximum absolute atomic E-state index is 9.90. The minimum Gasteiger partial charge on any atom is -0.386 e. The molecule has 0 amide bonds. The van der Waals surface area contributed by atoms with Gasteiger partial charge in [-0.05, 0) is 37.0 Å². The minimum atomic E-state index is -0.716. The van der Waals surface area contributed by atoms with E-state index in [0.29, 0.717) is 0 Å². The molecule has 68 valence electrons. The van der Waals surface area contributed by atoms with Crippen molar-refractivity contribution in [3.05, 3.63) is 41.5 Å². The summed E-state index contributed by atoms with van der Waals surface area (Å²) >= 11 is 0. The summed E-state index contributed by atoms with van der Waals surface area (Å²) in [5.41, 5.74) is 2.87. The Balaban J connectivity index is 2.48. The van der Waals surface area contributed by atoms with E-state index in [4.69, 9.17) is 0 Å². The Labute approximate surface area is 78.7 Å². The van der Waals surface area contributed by atoms with Crippen molar-refractivity contribution < 1.29 is 5.11 Å². The van der Waals surface area contributed by atoms with E-state index in [1.54, 1.807) is 0 Å². The summed E-state index contributed by atoms with van der Waals surface area (Å²) < 4.78 is 0.